The fourth-order valence-electron chi connectivity index (χ4n) is 1.82. The zero-order chi connectivity index (χ0) is 13.0. The van der Waals surface area contributed by atoms with Crippen LogP contribution >= 0.6 is 27.3 Å². The zero-order valence-electron chi connectivity index (χ0n) is 10.4. The van der Waals surface area contributed by atoms with Gasteiger partial charge in [0.1, 0.15) is 5.75 Å². The monoisotopic (exact) mass is 325 g/mol. The van der Waals surface area contributed by atoms with Crippen molar-refractivity contribution in [3.8, 4) is 5.75 Å². The minimum absolute atomic E-state index is 0.323. The molecule has 0 amide bonds. The molecule has 18 heavy (non-hydrogen) atoms. The molecule has 0 radical (unpaired) electrons. The molecule has 1 heterocycles. The summed E-state index contributed by atoms with van der Waals surface area (Å²) >= 11 is 5.33. The van der Waals surface area contributed by atoms with Crippen LogP contribution in [0.2, 0.25) is 0 Å². The van der Waals surface area contributed by atoms with Gasteiger partial charge in [-0.1, -0.05) is 18.2 Å². The average molecular weight is 326 g/mol. The van der Waals surface area contributed by atoms with Crippen molar-refractivity contribution in [2.75, 3.05) is 7.11 Å². The largest absolute Gasteiger partial charge is 0.496 e. The quantitative estimate of drug-likeness (QED) is 0.881. The lowest BCUT2D eigenvalue weighted by atomic mass is 10.2. The van der Waals surface area contributed by atoms with Gasteiger partial charge in [0, 0.05) is 27.5 Å². The molecule has 0 aliphatic heterocycles. The minimum atomic E-state index is 0.323. The molecule has 1 unspecified atom stereocenters. The van der Waals surface area contributed by atoms with Crippen molar-refractivity contribution < 1.29 is 4.74 Å². The molecule has 0 spiro atoms. The molecule has 0 saturated carbocycles. The molecule has 1 N–H and O–H groups in total. The van der Waals surface area contributed by atoms with Gasteiger partial charge in [-0.2, -0.15) is 0 Å². The van der Waals surface area contributed by atoms with E-state index in [-0.39, 0.29) is 0 Å². The van der Waals surface area contributed by atoms with Gasteiger partial charge in [0.25, 0.3) is 0 Å². The lowest BCUT2D eigenvalue weighted by Gasteiger charge is -2.14. The summed E-state index contributed by atoms with van der Waals surface area (Å²) in [6, 6.07) is 10.5. The number of nitrogens with one attached hydrogen (secondary N) is 1. The molecule has 4 heteroatoms. The fraction of sp³-hybridized carbons (Fsp3) is 0.286. The van der Waals surface area contributed by atoms with Gasteiger partial charge in [-0.15, -0.1) is 11.3 Å². The first-order valence-corrected chi connectivity index (χ1v) is 7.47. The molecule has 0 bridgehead atoms. The summed E-state index contributed by atoms with van der Waals surface area (Å²) in [7, 11) is 1.71. The molecule has 2 rings (SSSR count). The van der Waals surface area contributed by atoms with Crippen LogP contribution in [0.25, 0.3) is 0 Å². The van der Waals surface area contributed by atoms with Gasteiger partial charge >= 0.3 is 0 Å². The maximum Gasteiger partial charge on any atom is 0.123 e. The molecule has 1 aromatic carbocycles. The predicted octanol–water partition coefficient (Wildman–Crippen LogP) is 4.37. The standard InChI is InChI=1S/C14H16BrNOS/c1-10(14-12(15)7-8-18-14)16-9-11-5-3-4-6-13(11)17-2/h3-8,10,16H,9H2,1-2H3. The third kappa shape index (κ3) is 3.13. The van der Waals surface area contributed by atoms with Gasteiger partial charge in [-0.25, -0.2) is 0 Å². The number of thiophene rings is 1. The molecular weight excluding hydrogens is 310 g/mol. The van der Waals surface area contributed by atoms with E-state index in [1.54, 1.807) is 18.4 Å². The van der Waals surface area contributed by atoms with Gasteiger partial charge < -0.3 is 10.1 Å². The Kier molecular flexibility index (Phi) is 4.80. The van der Waals surface area contributed by atoms with E-state index >= 15 is 0 Å². The van der Waals surface area contributed by atoms with Crippen LogP contribution in [0.15, 0.2) is 40.2 Å². The second-order valence-electron chi connectivity index (χ2n) is 4.05. The van der Waals surface area contributed by atoms with Crippen LogP contribution in [-0.4, -0.2) is 7.11 Å². The Bertz CT molecular complexity index is 512. The highest BCUT2D eigenvalue weighted by molar-refractivity contribution is 9.10. The second kappa shape index (κ2) is 6.36. The Morgan fingerprint density at radius 1 is 1.33 bits per heavy atom. The molecular formula is C14H16BrNOS. The minimum Gasteiger partial charge on any atom is -0.496 e. The number of methoxy groups -OCH3 is 1. The molecule has 1 aromatic heterocycles. The fourth-order valence-corrected chi connectivity index (χ4v) is 3.57. The predicted molar refractivity (Wildman–Crippen MR) is 80.3 cm³/mol. The van der Waals surface area contributed by atoms with Crippen molar-refractivity contribution in [2.45, 2.75) is 19.5 Å². The number of para-hydroxylation sites is 1. The van der Waals surface area contributed by atoms with E-state index in [4.69, 9.17) is 4.74 Å². The molecule has 96 valence electrons. The van der Waals surface area contributed by atoms with Crippen molar-refractivity contribution in [1.82, 2.24) is 5.32 Å². The number of hydrogen-bond acceptors (Lipinski definition) is 3. The second-order valence-corrected chi connectivity index (χ2v) is 5.85. The van der Waals surface area contributed by atoms with E-state index in [1.807, 2.05) is 18.2 Å². The van der Waals surface area contributed by atoms with Crippen LogP contribution < -0.4 is 10.1 Å². The van der Waals surface area contributed by atoms with Gasteiger partial charge in [0.05, 0.1) is 7.11 Å². The Balaban J connectivity index is 2.01. The SMILES string of the molecule is COc1ccccc1CNC(C)c1sccc1Br. The first-order chi connectivity index (χ1) is 8.72. The van der Waals surface area contributed by atoms with Crippen molar-refractivity contribution >= 4 is 27.3 Å². The third-order valence-corrected chi connectivity index (χ3v) is 4.88. The van der Waals surface area contributed by atoms with E-state index in [1.165, 1.54) is 14.9 Å². The number of rotatable bonds is 5. The molecule has 0 fully saturated rings. The first-order valence-electron chi connectivity index (χ1n) is 5.80. The number of halogens is 1. The lowest BCUT2D eigenvalue weighted by molar-refractivity contribution is 0.406. The van der Waals surface area contributed by atoms with E-state index in [9.17, 15) is 0 Å². The Hall–Kier alpha value is -0.840. The summed E-state index contributed by atoms with van der Waals surface area (Å²) in [6.07, 6.45) is 0. The van der Waals surface area contributed by atoms with E-state index < -0.39 is 0 Å². The lowest BCUT2D eigenvalue weighted by Crippen LogP contribution is -2.17. The first kappa shape index (κ1) is 13.6. The Morgan fingerprint density at radius 3 is 2.78 bits per heavy atom. The molecule has 0 saturated heterocycles. The van der Waals surface area contributed by atoms with Crippen LogP contribution in [0.5, 0.6) is 5.75 Å². The number of ether oxygens (including phenoxy) is 1. The summed E-state index contributed by atoms with van der Waals surface area (Å²) in [5.74, 6) is 0.933. The topological polar surface area (TPSA) is 21.3 Å². The Labute approximate surface area is 120 Å². The third-order valence-electron chi connectivity index (χ3n) is 2.83. The number of hydrogen-bond donors (Lipinski definition) is 1. The summed E-state index contributed by atoms with van der Waals surface area (Å²) in [6.45, 7) is 2.97. The van der Waals surface area contributed by atoms with E-state index in [0.29, 0.717) is 6.04 Å². The van der Waals surface area contributed by atoms with Gasteiger partial charge in [-0.3, -0.25) is 0 Å². The zero-order valence-corrected chi connectivity index (χ0v) is 12.8. The van der Waals surface area contributed by atoms with Crippen molar-refractivity contribution in [2.24, 2.45) is 0 Å². The highest BCUT2D eigenvalue weighted by Gasteiger charge is 2.11. The maximum atomic E-state index is 5.35. The van der Waals surface area contributed by atoms with Crippen LogP contribution in [-0.2, 0) is 6.54 Å². The van der Waals surface area contributed by atoms with Gasteiger partial charge in [0.2, 0.25) is 0 Å². The highest BCUT2D eigenvalue weighted by atomic mass is 79.9. The van der Waals surface area contributed by atoms with Gasteiger partial charge in [0.15, 0.2) is 0 Å². The van der Waals surface area contributed by atoms with Crippen molar-refractivity contribution in [3.63, 3.8) is 0 Å². The van der Waals surface area contributed by atoms with Crippen LogP contribution in [0.3, 0.4) is 0 Å². The average Bonchev–Trinajstić information content (AvgIpc) is 2.82. The highest BCUT2D eigenvalue weighted by Crippen LogP contribution is 2.29. The van der Waals surface area contributed by atoms with Crippen LogP contribution in [0.4, 0.5) is 0 Å². The molecule has 2 nitrogen and oxygen atoms in total. The van der Waals surface area contributed by atoms with Crippen molar-refractivity contribution in [1.29, 1.82) is 0 Å². The molecule has 1 atom stereocenters. The molecule has 2 aromatic rings. The van der Waals surface area contributed by atoms with E-state index in [0.717, 1.165) is 12.3 Å². The normalized spacial score (nSPS) is 12.4. The maximum absolute atomic E-state index is 5.35. The summed E-state index contributed by atoms with van der Waals surface area (Å²) in [4.78, 5) is 1.32. The van der Waals surface area contributed by atoms with Crippen LogP contribution in [0.1, 0.15) is 23.4 Å². The summed E-state index contributed by atoms with van der Waals surface area (Å²) in [5.41, 5.74) is 1.18. The summed E-state index contributed by atoms with van der Waals surface area (Å²) < 4.78 is 6.52. The molecule has 0 aliphatic rings. The molecule has 0 aliphatic carbocycles. The number of benzene rings is 1. The van der Waals surface area contributed by atoms with Crippen molar-refractivity contribution in [3.05, 3.63) is 50.6 Å². The van der Waals surface area contributed by atoms with E-state index in [2.05, 4.69) is 45.7 Å². The smallest absolute Gasteiger partial charge is 0.123 e. The van der Waals surface area contributed by atoms with Gasteiger partial charge in [-0.05, 0) is 40.4 Å². The van der Waals surface area contributed by atoms with Crippen LogP contribution in [0, 0.1) is 0 Å². The Morgan fingerprint density at radius 2 is 2.11 bits per heavy atom. The summed E-state index contributed by atoms with van der Waals surface area (Å²) in [5, 5.41) is 5.62.